The number of morpholine rings is 2. The van der Waals surface area contributed by atoms with E-state index in [1.807, 2.05) is 18.2 Å². The molecule has 2 unspecified atom stereocenters. The molecule has 2 saturated heterocycles. The second kappa shape index (κ2) is 10.2. The Morgan fingerprint density at radius 1 is 1.11 bits per heavy atom. The normalized spacial score (nSPS) is 24.9. The summed E-state index contributed by atoms with van der Waals surface area (Å²) in [6.45, 7) is 11.4. The minimum absolute atomic E-state index is 0.0408. The highest BCUT2D eigenvalue weighted by molar-refractivity contribution is 5.78. The molecule has 0 saturated carbocycles. The number of nitrogens with one attached hydrogen (secondary N) is 1. The molecule has 2 heterocycles. The van der Waals surface area contributed by atoms with E-state index in [1.165, 1.54) is 5.56 Å². The van der Waals surface area contributed by atoms with Crippen molar-refractivity contribution in [1.29, 1.82) is 0 Å². The van der Waals surface area contributed by atoms with Crippen LogP contribution >= 0.6 is 0 Å². The van der Waals surface area contributed by atoms with Crippen LogP contribution in [-0.4, -0.2) is 80.8 Å². The third kappa shape index (κ3) is 6.57. The first-order valence-corrected chi connectivity index (χ1v) is 10.1. The van der Waals surface area contributed by atoms with E-state index in [0.29, 0.717) is 25.6 Å². The number of benzene rings is 1. The van der Waals surface area contributed by atoms with Gasteiger partial charge in [0, 0.05) is 39.3 Å². The van der Waals surface area contributed by atoms with Gasteiger partial charge in [0.05, 0.1) is 32.0 Å². The molecule has 0 aromatic heterocycles. The summed E-state index contributed by atoms with van der Waals surface area (Å²) in [6, 6.07) is 10.2. The van der Waals surface area contributed by atoms with Crippen LogP contribution in [0.2, 0.25) is 0 Å². The zero-order valence-corrected chi connectivity index (χ0v) is 16.6. The first-order valence-electron chi connectivity index (χ1n) is 10.1. The van der Waals surface area contributed by atoms with Crippen LogP contribution in [0.1, 0.15) is 25.5 Å². The molecule has 0 radical (unpaired) electrons. The van der Waals surface area contributed by atoms with Crippen molar-refractivity contribution in [2.24, 2.45) is 5.92 Å². The zero-order valence-electron chi connectivity index (χ0n) is 16.6. The Kier molecular flexibility index (Phi) is 7.64. The first kappa shape index (κ1) is 20.3. The van der Waals surface area contributed by atoms with Crippen LogP contribution < -0.4 is 5.32 Å². The van der Waals surface area contributed by atoms with Crippen LogP contribution in [0.5, 0.6) is 0 Å². The van der Waals surface area contributed by atoms with Crippen molar-refractivity contribution in [3.63, 3.8) is 0 Å². The van der Waals surface area contributed by atoms with E-state index in [0.717, 1.165) is 39.3 Å². The lowest BCUT2D eigenvalue weighted by molar-refractivity contribution is -0.125. The number of hydrogen-bond donors (Lipinski definition) is 1. The van der Waals surface area contributed by atoms with Gasteiger partial charge in [-0.05, 0) is 11.5 Å². The Morgan fingerprint density at radius 2 is 1.85 bits per heavy atom. The summed E-state index contributed by atoms with van der Waals surface area (Å²) in [5.41, 5.74) is 1.17. The molecule has 1 amide bonds. The topological polar surface area (TPSA) is 54.0 Å². The lowest BCUT2D eigenvalue weighted by Crippen LogP contribution is -2.50. The van der Waals surface area contributed by atoms with Crippen LogP contribution in [0.4, 0.5) is 0 Å². The van der Waals surface area contributed by atoms with Crippen molar-refractivity contribution in [3.05, 3.63) is 35.9 Å². The number of rotatable bonds is 7. The molecule has 3 rings (SSSR count). The minimum Gasteiger partial charge on any atom is -0.374 e. The van der Waals surface area contributed by atoms with Gasteiger partial charge in [0.25, 0.3) is 0 Å². The van der Waals surface area contributed by atoms with Crippen LogP contribution in [0.25, 0.3) is 0 Å². The summed E-state index contributed by atoms with van der Waals surface area (Å²) in [5.74, 6) is 0.713. The van der Waals surface area contributed by atoms with Gasteiger partial charge in [-0.1, -0.05) is 44.2 Å². The standard InChI is InChI=1S/C21H33N3O3/c1-17(2)13-23-8-10-26-19(14-23)12-22-21(25)16-24-9-11-27-20(15-24)18-6-4-3-5-7-18/h3-7,17,19-20H,8-16H2,1-2H3,(H,22,25). The van der Waals surface area contributed by atoms with Gasteiger partial charge in [0.2, 0.25) is 5.91 Å². The van der Waals surface area contributed by atoms with E-state index in [9.17, 15) is 4.79 Å². The monoisotopic (exact) mass is 375 g/mol. The lowest BCUT2D eigenvalue weighted by Gasteiger charge is -2.34. The molecule has 1 N–H and O–H groups in total. The quantitative estimate of drug-likeness (QED) is 0.783. The fourth-order valence-corrected chi connectivity index (χ4v) is 3.79. The van der Waals surface area contributed by atoms with Crippen LogP contribution in [0.3, 0.4) is 0 Å². The Hall–Kier alpha value is -1.47. The summed E-state index contributed by atoms with van der Waals surface area (Å²) in [6.07, 6.45) is 0.127. The number of nitrogens with zero attached hydrogens (tertiary/aromatic N) is 2. The Balaban J connectivity index is 1.40. The summed E-state index contributed by atoms with van der Waals surface area (Å²) in [5, 5.41) is 3.06. The third-order valence-electron chi connectivity index (χ3n) is 5.06. The van der Waals surface area contributed by atoms with Gasteiger partial charge in [-0.2, -0.15) is 0 Å². The fourth-order valence-electron chi connectivity index (χ4n) is 3.79. The molecule has 1 aromatic carbocycles. The summed E-state index contributed by atoms with van der Waals surface area (Å²) in [4.78, 5) is 17.0. The Bertz CT molecular complexity index is 581. The number of hydrogen-bond acceptors (Lipinski definition) is 5. The van der Waals surface area contributed by atoms with Gasteiger partial charge >= 0.3 is 0 Å². The SMILES string of the molecule is CC(C)CN1CCOC(CNC(=O)CN2CCOC(c3ccccc3)C2)C1. The van der Waals surface area contributed by atoms with Gasteiger partial charge in [0.15, 0.2) is 0 Å². The third-order valence-corrected chi connectivity index (χ3v) is 5.06. The van der Waals surface area contributed by atoms with Crippen molar-refractivity contribution < 1.29 is 14.3 Å². The van der Waals surface area contributed by atoms with Crippen LogP contribution in [0, 0.1) is 5.92 Å². The average molecular weight is 376 g/mol. The van der Waals surface area contributed by atoms with Crippen molar-refractivity contribution >= 4 is 5.91 Å². The van der Waals surface area contributed by atoms with E-state index in [4.69, 9.17) is 9.47 Å². The van der Waals surface area contributed by atoms with Crippen LogP contribution in [-0.2, 0) is 14.3 Å². The minimum atomic E-state index is 0.0408. The molecule has 2 fully saturated rings. The molecule has 2 aliphatic rings. The van der Waals surface area contributed by atoms with E-state index >= 15 is 0 Å². The molecule has 150 valence electrons. The zero-order chi connectivity index (χ0) is 19.1. The molecule has 27 heavy (non-hydrogen) atoms. The van der Waals surface area contributed by atoms with E-state index < -0.39 is 0 Å². The lowest BCUT2D eigenvalue weighted by atomic mass is 10.1. The smallest absolute Gasteiger partial charge is 0.234 e. The average Bonchev–Trinajstić information content (AvgIpc) is 2.67. The summed E-state index contributed by atoms with van der Waals surface area (Å²) >= 11 is 0. The highest BCUT2D eigenvalue weighted by atomic mass is 16.5. The Labute approximate surface area is 162 Å². The molecular formula is C21H33N3O3. The molecule has 2 atom stereocenters. The fraction of sp³-hybridized carbons (Fsp3) is 0.667. The van der Waals surface area contributed by atoms with E-state index in [1.54, 1.807) is 0 Å². The van der Waals surface area contributed by atoms with E-state index in [-0.39, 0.29) is 18.1 Å². The van der Waals surface area contributed by atoms with Crippen molar-refractivity contribution in [2.45, 2.75) is 26.1 Å². The van der Waals surface area contributed by atoms with Gasteiger partial charge < -0.3 is 14.8 Å². The number of amides is 1. The first-order chi connectivity index (χ1) is 13.1. The van der Waals surface area contributed by atoms with Gasteiger partial charge in [-0.3, -0.25) is 14.6 Å². The van der Waals surface area contributed by atoms with Crippen molar-refractivity contribution in [2.75, 3.05) is 59.0 Å². The van der Waals surface area contributed by atoms with Crippen LogP contribution in [0.15, 0.2) is 30.3 Å². The van der Waals surface area contributed by atoms with Crippen molar-refractivity contribution in [1.82, 2.24) is 15.1 Å². The predicted molar refractivity (Wildman–Crippen MR) is 106 cm³/mol. The predicted octanol–water partition coefficient (Wildman–Crippen LogP) is 1.53. The molecule has 1 aromatic rings. The second-order valence-corrected chi connectivity index (χ2v) is 7.96. The molecule has 2 aliphatic heterocycles. The molecule has 0 spiro atoms. The second-order valence-electron chi connectivity index (χ2n) is 7.96. The maximum absolute atomic E-state index is 12.4. The van der Waals surface area contributed by atoms with Gasteiger partial charge in [-0.25, -0.2) is 0 Å². The molecule has 6 nitrogen and oxygen atoms in total. The maximum Gasteiger partial charge on any atom is 0.234 e. The number of carbonyl (C=O) groups is 1. The molecular weight excluding hydrogens is 342 g/mol. The van der Waals surface area contributed by atoms with E-state index in [2.05, 4.69) is 41.1 Å². The molecule has 0 aliphatic carbocycles. The Morgan fingerprint density at radius 3 is 2.63 bits per heavy atom. The highest BCUT2D eigenvalue weighted by Crippen LogP contribution is 2.21. The van der Waals surface area contributed by atoms with Gasteiger partial charge in [0.1, 0.15) is 0 Å². The molecule has 0 bridgehead atoms. The number of ether oxygens (including phenoxy) is 2. The summed E-state index contributed by atoms with van der Waals surface area (Å²) < 4.78 is 11.7. The van der Waals surface area contributed by atoms with Gasteiger partial charge in [-0.15, -0.1) is 0 Å². The van der Waals surface area contributed by atoms with Crippen molar-refractivity contribution in [3.8, 4) is 0 Å². The summed E-state index contributed by atoms with van der Waals surface area (Å²) in [7, 11) is 0. The largest absolute Gasteiger partial charge is 0.374 e. The number of carbonyl (C=O) groups excluding carboxylic acids is 1. The highest BCUT2D eigenvalue weighted by Gasteiger charge is 2.25. The maximum atomic E-state index is 12.4. The molecule has 6 heteroatoms.